The molecule has 0 radical (unpaired) electrons. The van der Waals surface area contributed by atoms with Gasteiger partial charge in [-0.05, 0) is 54.4 Å². The molecule has 1 aliphatic rings. The smallest absolute Gasteiger partial charge is 0.407 e. The number of nitrogens with one attached hydrogen (secondary N) is 1. The van der Waals surface area contributed by atoms with Crippen molar-refractivity contribution in [1.82, 2.24) is 5.32 Å². The lowest BCUT2D eigenvalue weighted by Gasteiger charge is -2.38. The summed E-state index contributed by atoms with van der Waals surface area (Å²) in [5.41, 5.74) is -0.893. The van der Waals surface area contributed by atoms with E-state index in [2.05, 4.69) is 41.8 Å². The molecule has 1 heterocycles. The normalized spacial score (nSPS) is 28.8. The van der Waals surface area contributed by atoms with Crippen LogP contribution >= 0.6 is 22.6 Å². The third-order valence-electron chi connectivity index (χ3n) is 3.39. The van der Waals surface area contributed by atoms with E-state index < -0.39 is 17.3 Å². The Morgan fingerprint density at radius 3 is 2.23 bits per heavy atom. The largest absolute Gasteiger partial charge is 0.444 e. The summed E-state index contributed by atoms with van der Waals surface area (Å²) in [4.78, 5) is 11.8. The van der Waals surface area contributed by atoms with Crippen LogP contribution in [0.2, 0.25) is 0 Å². The molecule has 6 heteroatoms. The summed E-state index contributed by atoms with van der Waals surface area (Å²) < 4.78 is 18.1. The first-order valence-corrected chi connectivity index (χ1v) is 9.41. The van der Waals surface area contributed by atoms with Gasteiger partial charge >= 0.3 is 6.09 Å². The van der Waals surface area contributed by atoms with Gasteiger partial charge in [-0.3, -0.25) is 0 Å². The molecule has 0 aromatic heterocycles. The average Bonchev–Trinajstić information content (AvgIpc) is 2.33. The van der Waals surface area contributed by atoms with Gasteiger partial charge in [0.2, 0.25) is 0 Å². The van der Waals surface area contributed by atoms with Crippen LogP contribution in [0.3, 0.4) is 0 Å². The number of alkyl halides is 1. The molecule has 3 unspecified atom stereocenters. The van der Waals surface area contributed by atoms with Gasteiger partial charge in [-0.1, -0.05) is 22.6 Å². The van der Waals surface area contributed by atoms with Crippen molar-refractivity contribution in [3.63, 3.8) is 0 Å². The molecule has 0 bridgehead atoms. The van der Waals surface area contributed by atoms with E-state index in [4.69, 9.17) is 14.2 Å². The first-order valence-electron chi connectivity index (χ1n) is 7.89. The molecule has 1 amide bonds. The number of ether oxygens (including phenoxy) is 3. The van der Waals surface area contributed by atoms with E-state index in [1.165, 1.54) is 0 Å². The first-order chi connectivity index (χ1) is 10.0. The molecule has 1 fully saturated rings. The summed E-state index contributed by atoms with van der Waals surface area (Å²) in [6, 6.07) is 0. The van der Waals surface area contributed by atoms with Gasteiger partial charge < -0.3 is 19.5 Å². The molecule has 0 aliphatic carbocycles. The van der Waals surface area contributed by atoms with Crippen LogP contribution in [0.25, 0.3) is 0 Å². The fourth-order valence-electron chi connectivity index (χ4n) is 2.54. The maximum Gasteiger partial charge on any atom is 0.407 e. The van der Waals surface area contributed by atoms with Crippen LogP contribution in [-0.2, 0) is 14.2 Å². The third kappa shape index (κ3) is 7.46. The number of halogens is 1. The van der Waals surface area contributed by atoms with Crippen LogP contribution in [0.4, 0.5) is 4.79 Å². The number of carbonyl (C=O) groups is 1. The van der Waals surface area contributed by atoms with Crippen molar-refractivity contribution < 1.29 is 19.0 Å². The van der Waals surface area contributed by atoms with E-state index in [1.807, 2.05) is 27.7 Å². The molecule has 1 rings (SSSR count). The molecule has 22 heavy (non-hydrogen) atoms. The molecular formula is C16H30INO4. The van der Waals surface area contributed by atoms with Crippen molar-refractivity contribution in [2.24, 2.45) is 0 Å². The van der Waals surface area contributed by atoms with Crippen LogP contribution < -0.4 is 5.32 Å². The van der Waals surface area contributed by atoms with Crippen LogP contribution in [-0.4, -0.2) is 46.6 Å². The summed E-state index contributed by atoms with van der Waals surface area (Å²) in [7, 11) is 0. The van der Waals surface area contributed by atoms with E-state index >= 15 is 0 Å². The Hall–Kier alpha value is -0.0800. The van der Waals surface area contributed by atoms with E-state index in [0.717, 1.165) is 17.3 Å². The Labute approximate surface area is 148 Å². The summed E-state index contributed by atoms with van der Waals surface area (Å²) >= 11 is 2.30. The number of hydrogen-bond acceptors (Lipinski definition) is 4. The van der Waals surface area contributed by atoms with Crippen molar-refractivity contribution >= 4 is 28.7 Å². The number of hydrogen-bond donors (Lipinski definition) is 1. The molecule has 0 saturated carbocycles. The predicted molar refractivity (Wildman–Crippen MR) is 95.6 cm³/mol. The fourth-order valence-corrected chi connectivity index (χ4v) is 2.99. The van der Waals surface area contributed by atoms with Crippen molar-refractivity contribution in [3.05, 3.63) is 0 Å². The second-order valence-corrected chi connectivity index (χ2v) is 8.17. The summed E-state index contributed by atoms with van der Waals surface area (Å²) in [6.07, 6.45) is 1.98. The Morgan fingerprint density at radius 1 is 1.23 bits per heavy atom. The topological polar surface area (TPSA) is 56.8 Å². The van der Waals surface area contributed by atoms with Crippen molar-refractivity contribution in [3.8, 4) is 0 Å². The van der Waals surface area contributed by atoms with Crippen molar-refractivity contribution in [1.29, 1.82) is 0 Å². The van der Waals surface area contributed by atoms with Crippen LogP contribution in [0.5, 0.6) is 0 Å². The second kappa shape index (κ2) is 8.15. The molecule has 1 saturated heterocycles. The van der Waals surface area contributed by atoms with Gasteiger partial charge in [-0.2, -0.15) is 0 Å². The Morgan fingerprint density at radius 2 is 1.77 bits per heavy atom. The van der Waals surface area contributed by atoms with E-state index in [9.17, 15) is 4.79 Å². The highest BCUT2D eigenvalue weighted by molar-refractivity contribution is 14.1. The minimum absolute atomic E-state index is 0.166. The zero-order valence-electron chi connectivity index (χ0n) is 14.6. The zero-order valence-corrected chi connectivity index (χ0v) is 16.7. The Bertz CT molecular complexity index is 362. The zero-order chi connectivity index (χ0) is 17.0. The van der Waals surface area contributed by atoms with Crippen LogP contribution in [0.1, 0.15) is 54.4 Å². The predicted octanol–water partition coefficient (Wildman–Crippen LogP) is 3.68. The van der Waals surface area contributed by atoms with Gasteiger partial charge in [-0.25, -0.2) is 4.79 Å². The molecule has 5 nitrogen and oxygen atoms in total. The lowest BCUT2D eigenvalue weighted by Crippen LogP contribution is -2.49. The monoisotopic (exact) mass is 427 g/mol. The Kier molecular flexibility index (Phi) is 7.39. The van der Waals surface area contributed by atoms with Gasteiger partial charge in [0.1, 0.15) is 5.60 Å². The van der Waals surface area contributed by atoms with Crippen LogP contribution in [0, 0.1) is 0 Å². The molecule has 0 aromatic carbocycles. The highest BCUT2D eigenvalue weighted by Gasteiger charge is 2.33. The number of alkyl carbamates (subject to hydrolysis) is 1. The van der Waals surface area contributed by atoms with Crippen molar-refractivity contribution in [2.75, 3.05) is 11.0 Å². The van der Waals surface area contributed by atoms with E-state index in [1.54, 1.807) is 0 Å². The highest BCUT2D eigenvalue weighted by atomic mass is 127. The second-order valence-electron chi connectivity index (χ2n) is 7.41. The maximum atomic E-state index is 11.8. The molecule has 0 spiro atoms. The van der Waals surface area contributed by atoms with Gasteiger partial charge in [0, 0.05) is 4.43 Å². The minimum Gasteiger partial charge on any atom is -0.444 e. The SMILES string of the molecule is CC1CC(OC(C)(CI)CNC(=O)OC(C)(C)C)CC(C)O1. The number of carbonyl (C=O) groups excluding carboxylic acids is 1. The van der Waals surface area contributed by atoms with E-state index in [0.29, 0.717) is 6.54 Å². The summed E-state index contributed by atoms with van der Waals surface area (Å²) in [6.45, 7) is 12.2. The summed E-state index contributed by atoms with van der Waals surface area (Å²) in [5.74, 6) is 0. The molecule has 3 atom stereocenters. The number of rotatable bonds is 5. The third-order valence-corrected chi connectivity index (χ3v) is 5.01. The quantitative estimate of drug-likeness (QED) is 0.537. The first kappa shape index (κ1) is 20.0. The molecular weight excluding hydrogens is 397 g/mol. The Balaban J connectivity index is 2.51. The average molecular weight is 427 g/mol. The van der Waals surface area contributed by atoms with Gasteiger partial charge in [-0.15, -0.1) is 0 Å². The molecule has 0 aromatic rings. The van der Waals surface area contributed by atoms with Gasteiger partial charge in [0.15, 0.2) is 0 Å². The van der Waals surface area contributed by atoms with Crippen LogP contribution in [0.15, 0.2) is 0 Å². The highest BCUT2D eigenvalue weighted by Crippen LogP contribution is 2.26. The van der Waals surface area contributed by atoms with Gasteiger partial charge in [0.05, 0.1) is 30.5 Å². The van der Waals surface area contributed by atoms with E-state index in [-0.39, 0.29) is 18.3 Å². The van der Waals surface area contributed by atoms with Crippen molar-refractivity contribution in [2.45, 2.75) is 83.9 Å². The number of amides is 1. The lowest BCUT2D eigenvalue weighted by atomic mass is 10.0. The standard InChI is InChI=1S/C16H30INO4/c1-11-7-13(8-12(2)20-11)21-16(6,9-17)10-18-14(19)22-15(3,4)5/h11-13H,7-10H2,1-6H3,(H,18,19). The molecule has 1 aliphatic heterocycles. The van der Waals surface area contributed by atoms with Gasteiger partial charge in [0.25, 0.3) is 0 Å². The fraction of sp³-hybridized carbons (Fsp3) is 0.938. The lowest BCUT2D eigenvalue weighted by molar-refractivity contribution is -0.143. The molecule has 130 valence electrons. The minimum atomic E-state index is -0.489. The maximum absolute atomic E-state index is 11.8. The summed E-state index contributed by atoms with van der Waals surface area (Å²) in [5, 5.41) is 2.82. The molecule has 1 N–H and O–H groups in total.